The minimum atomic E-state index is -0.809. The number of rotatable bonds is 2. The molecule has 4 nitrogen and oxygen atoms in total. The molecule has 0 heterocycles. The number of hydrogen-bond acceptors (Lipinski definition) is 3. The molecule has 4 heteroatoms. The number of carbonyl (C=O) groups excluding carboxylic acids is 1. The lowest BCUT2D eigenvalue weighted by atomic mass is 10.1. The lowest BCUT2D eigenvalue weighted by Gasteiger charge is -1.97. The molecule has 0 saturated heterocycles. The number of phenols is 1. The van der Waals surface area contributed by atoms with Gasteiger partial charge in [0.1, 0.15) is 17.4 Å². The van der Waals surface area contributed by atoms with Gasteiger partial charge in [0, 0.05) is 5.56 Å². The average molecular weight is 188 g/mol. The van der Waals surface area contributed by atoms with Crippen LogP contribution in [-0.2, 0) is 4.79 Å². The number of primary amides is 1. The number of para-hydroxylation sites is 1. The van der Waals surface area contributed by atoms with Crippen LogP contribution >= 0.6 is 0 Å². The van der Waals surface area contributed by atoms with E-state index in [4.69, 9.17) is 11.0 Å². The SMILES string of the molecule is N#C/C(=C/c1ccccc1O)C(N)=O. The van der Waals surface area contributed by atoms with Crippen molar-refractivity contribution in [1.29, 1.82) is 5.26 Å². The third-order valence-corrected chi connectivity index (χ3v) is 1.62. The van der Waals surface area contributed by atoms with Gasteiger partial charge in [-0.05, 0) is 12.1 Å². The number of amides is 1. The molecule has 0 bridgehead atoms. The van der Waals surface area contributed by atoms with E-state index in [1.165, 1.54) is 12.1 Å². The van der Waals surface area contributed by atoms with Crippen molar-refractivity contribution in [3.8, 4) is 11.8 Å². The fourth-order valence-corrected chi connectivity index (χ4v) is 0.924. The van der Waals surface area contributed by atoms with Crippen molar-refractivity contribution in [3.63, 3.8) is 0 Å². The first-order chi connectivity index (χ1) is 6.65. The molecule has 0 aliphatic heterocycles. The first-order valence-electron chi connectivity index (χ1n) is 3.84. The van der Waals surface area contributed by atoms with Crippen LogP contribution in [0, 0.1) is 11.3 Å². The summed E-state index contributed by atoms with van der Waals surface area (Å²) < 4.78 is 0. The van der Waals surface area contributed by atoms with Crippen molar-refractivity contribution in [2.75, 3.05) is 0 Å². The van der Waals surface area contributed by atoms with Gasteiger partial charge in [-0.25, -0.2) is 0 Å². The zero-order chi connectivity index (χ0) is 10.6. The van der Waals surface area contributed by atoms with Crippen molar-refractivity contribution in [3.05, 3.63) is 35.4 Å². The Morgan fingerprint density at radius 1 is 1.50 bits per heavy atom. The quantitative estimate of drug-likeness (QED) is 0.531. The van der Waals surface area contributed by atoms with Gasteiger partial charge >= 0.3 is 0 Å². The highest BCUT2D eigenvalue weighted by atomic mass is 16.3. The van der Waals surface area contributed by atoms with Crippen LogP contribution in [0.5, 0.6) is 5.75 Å². The maximum Gasteiger partial charge on any atom is 0.259 e. The number of phenolic OH excluding ortho intramolecular Hbond substituents is 1. The van der Waals surface area contributed by atoms with E-state index in [9.17, 15) is 9.90 Å². The monoisotopic (exact) mass is 188 g/mol. The maximum atomic E-state index is 10.7. The molecule has 1 rings (SSSR count). The molecule has 1 amide bonds. The van der Waals surface area contributed by atoms with Gasteiger partial charge in [-0.3, -0.25) is 4.79 Å². The zero-order valence-electron chi connectivity index (χ0n) is 7.27. The Morgan fingerprint density at radius 3 is 2.64 bits per heavy atom. The molecule has 1 aromatic rings. The molecule has 70 valence electrons. The fourth-order valence-electron chi connectivity index (χ4n) is 0.924. The molecule has 1 aromatic carbocycles. The van der Waals surface area contributed by atoms with Crippen molar-refractivity contribution < 1.29 is 9.90 Å². The molecule has 3 N–H and O–H groups in total. The van der Waals surface area contributed by atoms with Crippen molar-refractivity contribution in [2.24, 2.45) is 5.73 Å². The summed E-state index contributed by atoms with van der Waals surface area (Å²) in [5.74, 6) is -0.808. The van der Waals surface area contributed by atoms with Crippen LogP contribution in [0.1, 0.15) is 5.56 Å². The van der Waals surface area contributed by atoms with Crippen LogP contribution in [0.2, 0.25) is 0 Å². The molecular weight excluding hydrogens is 180 g/mol. The summed E-state index contributed by atoms with van der Waals surface area (Å²) in [7, 11) is 0. The Morgan fingerprint density at radius 2 is 2.14 bits per heavy atom. The number of aromatic hydroxyl groups is 1. The first kappa shape index (κ1) is 9.81. The lowest BCUT2D eigenvalue weighted by molar-refractivity contribution is -0.114. The van der Waals surface area contributed by atoms with Gasteiger partial charge in [-0.1, -0.05) is 18.2 Å². The zero-order valence-corrected chi connectivity index (χ0v) is 7.27. The van der Waals surface area contributed by atoms with Crippen molar-refractivity contribution >= 4 is 12.0 Å². The molecule has 0 fully saturated rings. The van der Waals surface area contributed by atoms with Crippen LogP contribution in [0.3, 0.4) is 0 Å². The van der Waals surface area contributed by atoms with E-state index in [-0.39, 0.29) is 11.3 Å². The Hall–Kier alpha value is -2.28. The Labute approximate surface area is 80.9 Å². The van der Waals surface area contributed by atoms with Crippen molar-refractivity contribution in [1.82, 2.24) is 0 Å². The summed E-state index contributed by atoms with van der Waals surface area (Å²) in [6, 6.07) is 8.02. The molecule has 0 aliphatic rings. The average Bonchev–Trinajstić information content (AvgIpc) is 2.16. The predicted octanol–water partition coefficient (Wildman–Crippen LogP) is 0.784. The molecule has 0 aliphatic carbocycles. The topological polar surface area (TPSA) is 87.1 Å². The minimum Gasteiger partial charge on any atom is -0.507 e. The van der Waals surface area contributed by atoms with E-state index < -0.39 is 5.91 Å². The molecular formula is C10H8N2O2. The first-order valence-corrected chi connectivity index (χ1v) is 3.84. The Balaban J connectivity index is 3.15. The van der Waals surface area contributed by atoms with Crippen LogP contribution in [-0.4, -0.2) is 11.0 Å². The number of nitrogens with zero attached hydrogens (tertiary/aromatic N) is 1. The highest BCUT2D eigenvalue weighted by Crippen LogP contribution is 2.18. The van der Waals surface area contributed by atoms with Gasteiger partial charge in [0.05, 0.1) is 0 Å². The maximum absolute atomic E-state index is 10.7. The second-order valence-corrected chi connectivity index (χ2v) is 2.59. The third-order valence-electron chi connectivity index (χ3n) is 1.62. The van der Waals surface area contributed by atoms with E-state index >= 15 is 0 Å². The van der Waals surface area contributed by atoms with Crippen LogP contribution in [0.15, 0.2) is 29.8 Å². The van der Waals surface area contributed by atoms with Gasteiger partial charge in [-0.15, -0.1) is 0 Å². The van der Waals surface area contributed by atoms with E-state index in [2.05, 4.69) is 0 Å². The minimum absolute atomic E-state index is 0.00139. The summed E-state index contributed by atoms with van der Waals surface area (Å²) in [4.78, 5) is 10.7. The van der Waals surface area contributed by atoms with Crippen LogP contribution in [0.4, 0.5) is 0 Å². The summed E-state index contributed by atoms with van der Waals surface area (Å²) in [5.41, 5.74) is 5.14. The van der Waals surface area contributed by atoms with Gasteiger partial charge in [0.2, 0.25) is 0 Å². The largest absolute Gasteiger partial charge is 0.507 e. The highest BCUT2D eigenvalue weighted by molar-refractivity contribution is 6.00. The number of benzene rings is 1. The van der Waals surface area contributed by atoms with Crippen LogP contribution < -0.4 is 5.73 Å². The normalized spacial score (nSPS) is 10.6. The number of hydrogen-bond donors (Lipinski definition) is 2. The van der Waals surface area contributed by atoms with Gasteiger partial charge < -0.3 is 10.8 Å². The summed E-state index contributed by atoms with van der Waals surface area (Å²) >= 11 is 0. The van der Waals surface area contributed by atoms with E-state index in [0.717, 1.165) is 0 Å². The molecule has 0 atom stereocenters. The van der Waals surface area contributed by atoms with Crippen LogP contribution in [0.25, 0.3) is 6.08 Å². The summed E-state index contributed by atoms with van der Waals surface area (Å²) in [6.07, 6.45) is 1.25. The predicted molar refractivity (Wildman–Crippen MR) is 50.9 cm³/mol. The molecule has 0 spiro atoms. The molecule has 0 radical (unpaired) electrons. The van der Waals surface area contributed by atoms with Gasteiger partial charge in [0.15, 0.2) is 0 Å². The smallest absolute Gasteiger partial charge is 0.259 e. The molecule has 0 saturated carbocycles. The van der Waals surface area contributed by atoms with E-state index in [1.54, 1.807) is 24.3 Å². The highest BCUT2D eigenvalue weighted by Gasteiger charge is 2.04. The summed E-state index contributed by atoms with van der Waals surface area (Å²) in [5, 5.41) is 17.9. The van der Waals surface area contributed by atoms with Crippen molar-refractivity contribution in [2.45, 2.75) is 0 Å². The standard InChI is InChI=1S/C10H8N2O2/c11-6-8(10(12)14)5-7-3-1-2-4-9(7)13/h1-5,13H,(H2,12,14)/b8-5-. The lowest BCUT2D eigenvalue weighted by Crippen LogP contribution is -2.12. The van der Waals surface area contributed by atoms with Gasteiger partial charge in [-0.2, -0.15) is 5.26 Å². The van der Waals surface area contributed by atoms with E-state index in [0.29, 0.717) is 5.56 Å². The number of nitrogens with two attached hydrogens (primary N) is 1. The second kappa shape index (κ2) is 4.10. The number of nitriles is 1. The third kappa shape index (κ3) is 2.11. The number of carbonyl (C=O) groups is 1. The Bertz CT molecular complexity index is 430. The van der Waals surface area contributed by atoms with E-state index in [1.807, 2.05) is 0 Å². The molecule has 0 unspecified atom stereocenters. The summed E-state index contributed by atoms with van der Waals surface area (Å²) in [6.45, 7) is 0. The molecule has 14 heavy (non-hydrogen) atoms. The molecule has 0 aromatic heterocycles. The Kier molecular flexibility index (Phi) is 2.87. The second-order valence-electron chi connectivity index (χ2n) is 2.59. The van der Waals surface area contributed by atoms with Gasteiger partial charge in [0.25, 0.3) is 5.91 Å². The fraction of sp³-hybridized carbons (Fsp3) is 0.